The standard InChI is InChI=1S/C23H19Cl2F3N2O4S/c24-17-7-9-18(10-8-17)34-13-12-29-22(31)15-30(35(32,33)19-4-2-1-3-5-19)21-14-16(23(26,27)28)6-11-20(21)25/h1-11,14H,12-13,15H2,(H,29,31). The van der Waals surface area contributed by atoms with Gasteiger partial charge in [0.2, 0.25) is 5.91 Å². The number of ether oxygens (including phenoxy) is 1. The number of alkyl halides is 3. The molecule has 0 saturated carbocycles. The molecule has 0 aliphatic carbocycles. The minimum Gasteiger partial charge on any atom is -0.492 e. The van der Waals surface area contributed by atoms with Crippen molar-refractivity contribution >= 4 is 44.8 Å². The molecule has 3 rings (SSSR count). The Balaban J connectivity index is 1.81. The first-order valence-electron chi connectivity index (χ1n) is 10.1. The van der Waals surface area contributed by atoms with Crippen LogP contribution in [-0.2, 0) is 21.0 Å². The van der Waals surface area contributed by atoms with Gasteiger partial charge in [0.25, 0.3) is 10.0 Å². The molecule has 0 heterocycles. The molecule has 3 aromatic carbocycles. The number of hydrogen-bond donors (Lipinski definition) is 1. The number of hydrogen-bond acceptors (Lipinski definition) is 4. The summed E-state index contributed by atoms with van der Waals surface area (Å²) < 4.78 is 72.5. The Morgan fingerprint density at radius 1 is 0.971 bits per heavy atom. The van der Waals surface area contributed by atoms with Gasteiger partial charge in [0.15, 0.2) is 0 Å². The third-order valence-electron chi connectivity index (χ3n) is 4.67. The minimum absolute atomic E-state index is 0.0109. The largest absolute Gasteiger partial charge is 0.492 e. The van der Waals surface area contributed by atoms with E-state index in [0.29, 0.717) is 21.1 Å². The summed E-state index contributed by atoms with van der Waals surface area (Å²) in [6.45, 7) is -0.737. The summed E-state index contributed by atoms with van der Waals surface area (Å²) in [5, 5.41) is 2.75. The van der Waals surface area contributed by atoms with Crippen molar-refractivity contribution in [3.63, 3.8) is 0 Å². The topological polar surface area (TPSA) is 75.7 Å². The molecular weight excluding hydrogens is 528 g/mol. The number of rotatable bonds is 9. The first-order valence-corrected chi connectivity index (χ1v) is 12.3. The lowest BCUT2D eigenvalue weighted by molar-refractivity contribution is -0.137. The second-order valence-electron chi connectivity index (χ2n) is 7.14. The van der Waals surface area contributed by atoms with E-state index >= 15 is 0 Å². The highest BCUT2D eigenvalue weighted by atomic mass is 35.5. The summed E-state index contributed by atoms with van der Waals surface area (Å²) in [4.78, 5) is 12.4. The maximum Gasteiger partial charge on any atom is 0.416 e. The lowest BCUT2D eigenvalue weighted by Crippen LogP contribution is -2.42. The van der Waals surface area contributed by atoms with Crippen LogP contribution in [0, 0.1) is 0 Å². The van der Waals surface area contributed by atoms with E-state index in [4.69, 9.17) is 27.9 Å². The van der Waals surface area contributed by atoms with Gasteiger partial charge in [-0.15, -0.1) is 0 Å². The smallest absolute Gasteiger partial charge is 0.416 e. The number of nitrogens with zero attached hydrogens (tertiary/aromatic N) is 1. The van der Waals surface area contributed by atoms with Crippen molar-refractivity contribution in [3.8, 4) is 5.75 Å². The van der Waals surface area contributed by atoms with Crippen LogP contribution in [0.25, 0.3) is 0 Å². The van der Waals surface area contributed by atoms with Gasteiger partial charge in [-0.3, -0.25) is 9.10 Å². The van der Waals surface area contributed by atoms with Gasteiger partial charge in [0.1, 0.15) is 18.9 Å². The van der Waals surface area contributed by atoms with E-state index in [1.807, 2.05) is 0 Å². The van der Waals surface area contributed by atoms with Crippen LogP contribution < -0.4 is 14.4 Å². The number of nitrogens with one attached hydrogen (secondary N) is 1. The van der Waals surface area contributed by atoms with Gasteiger partial charge < -0.3 is 10.1 Å². The van der Waals surface area contributed by atoms with Crippen molar-refractivity contribution in [2.24, 2.45) is 0 Å². The van der Waals surface area contributed by atoms with Crippen molar-refractivity contribution in [1.82, 2.24) is 5.32 Å². The second-order valence-corrected chi connectivity index (χ2v) is 9.85. The second kappa shape index (κ2) is 11.2. The van der Waals surface area contributed by atoms with E-state index in [0.717, 1.165) is 12.1 Å². The Hall–Kier alpha value is -2.95. The quantitative estimate of drug-likeness (QED) is 0.364. The van der Waals surface area contributed by atoms with Gasteiger partial charge >= 0.3 is 6.18 Å². The summed E-state index contributed by atoms with van der Waals surface area (Å²) in [5.74, 6) is -0.259. The zero-order valence-corrected chi connectivity index (χ0v) is 20.3. The van der Waals surface area contributed by atoms with E-state index in [1.54, 1.807) is 30.3 Å². The van der Waals surface area contributed by atoms with Crippen molar-refractivity contribution in [2.45, 2.75) is 11.1 Å². The van der Waals surface area contributed by atoms with E-state index in [2.05, 4.69) is 5.32 Å². The van der Waals surface area contributed by atoms with Gasteiger partial charge in [-0.1, -0.05) is 41.4 Å². The highest BCUT2D eigenvalue weighted by molar-refractivity contribution is 7.92. The molecule has 3 aromatic rings. The Kier molecular flexibility index (Phi) is 8.52. The van der Waals surface area contributed by atoms with Crippen LogP contribution in [0.2, 0.25) is 10.0 Å². The van der Waals surface area contributed by atoms with Crippen LogP contribution >= 0.6 is 23.2 Å². The molecule has 0 spiro atoms. The molecule has 1 N–H and O–H groups in total. The zero-order chi connectivity index (χ0) is 25.6. The fourth-order valence-electron chi connectivity index (χ4n) is 2.98. The van der Waals surface area contributed by atoms with Crippen molar-refractivity contribution < 1.29 is 31.1 Å². The number of benzene rings is 3. The van der Waals surface area contributed by atoms with Crippen molar-refractivity contribution in [3.05, 3.63) is 88.4 Å². The number of sulfonamides is 1. The van der Waals surface area contributed by atoms with Gasteiger partial charge in [0.05, 0.1) is 27.7 Å². The molecule has 12 heteroatoms. The summed E-state index contributed by atoms with van der Waals surface area (Å²) in [6.07, 6.45) is -4.75. The van der Waals surface area contributed by atoms with Crippen molar-refractivity contribution in [2.75, 3.05) is 24.0 Å². The van der Waals surface area contributed by atoms with Gasteiger partial charge in [-0.2, -0.15) is 13.2 Å². The summed E-state index contributed by atoms with van der Waals surface area (Å²) in [7, 11) is -4.43. The SMILES string of the molecule is O=C(CN(c1cc(C(F)(F)F)ccc1Cl)S(=O)(=O)c1ccccc1)NCCOc1ccc(Cl)cc1. The molecule has 35 heavy (non-hydrogen) atoms. The average Bonchev–Trinajstić information content (AvgIpc) is 2.82. The lowest BCUT2D eigenvalue weighted by atomic mass is 10.2. The van der Waals surface area contributed by atoms with Gasteiger partial charge in [-0.05, 0) is 54.6 Å². The fourth-order valence-corrected chi connectivity index (χ4v) is 4.82. The molecule has 0 bridgehead atoms. The van der Waals surface area contributed by atoms with Crippen molar-refractivity contribution in [1.29, 1.82) is 0 Å². The molecule has 1 amide bonds. The van der Waals surface area contributed by atoms with Crippen LogP contribution in [0.15, 0.2) is 77.7 Å². The van der Waals surface area contributed by atoms with E-state index in [9.17, 15) is 26.4 Å². The molecule has 6 nitrogen and oxygen atoms in total. The number of carbonyl (C=O) groups is 1. The third kappa shape index (κ3) is 7.03. The fraction of sp³-hybridized carbons (Fsp3) is 0.174. The maximum absolute atomic E-state index is 13.3. The Labute approximate surface area is 210 Å². The molecule has 0 aliphatic rings. The lowest BCUT2D eigenvalue weighted by Gasteiger charge is -2.25. The van der Waals surface area contributed by atoms with Crippen LogP contribution in [0.4, 0.5) is 18.9 Å². The monoisotopic (exact) mass is 546 g/mol. The minimum atomic E-state index is -4.75. The predicted molar refractivity (Wildman–Crippen MR) is 127 cm³/mol. The molecule has 0 saturated heterocycles. The molecule has 0 fully saturated rings. The van der Waals surface area contributed by atoms with E-state index in [-0.39, 0.29) is 23.1 Å². The molecule has 186 valence electrons. The first kappa shape index (κ1) is 26.7. The first-order chi connectivity index (χ1) is 16.5. The molecule has 0 atom stereocenters. The predicted octanol–water partition coefficient (Wildman–Crippen LogP) is 5.40. The number of anilines is 1. The highest BCUT2D eigenvalue weighted by Crippen LogP contribution is 2.37. The van der Waals surface area contributed by atoms with Crippen LogP contribution in [0.1, 0.15) is 5.56 Å². The molecule has 0 aliphatic heterocycles. The van der Waals surface area contributed by atoms with E-state index < -0.39 is 39.9 Å². The highest BCUT2D eigenvalue weighted by Gasteiger charge is 2.34. The zero-order valence-electron chi connectivity index (χ0n) is 17.9. The number of halogens is 5. The summed E-state index contributed by atoms with van der Waals surface area (Å²) >= 11 is 11.9. The van der Waals surface area contributed by atoms with Crippen LogP contribution in [0.5, 0.6) is 5.75 Å². The molecular formula is C23H19Cl2F3N2O4S. The average molecular weight is 547 g/mol. The normalized spacial score (nSPS) is 11.7. The van der Waals surface area contributed by atoms with Gasteiger partial charge in [0, 0.05) is 5.02 Å². The van der Waals surface area contributed by atoms with E-state index in [1.165, 1.54) is 24.3 Å². The molecule has 0 radical (unpaired) electrons. The van der Waals surface area contributed by atoms with Crippen LogP contribution in [-0.4, -0.2) is 34.0 Å². The Morgan fingerprint density at radius 3 is 2.26 bits per heavy atom. The van der Waals surface area contributed by atoms with Gasteiger partial charge in [-0.25, -0.2) is 8.42 Å². The summed E-state index contributed by atoms with van der Waals surface area (Å²) in [5.41, 5.74) is -1.58. The Bertz CT molecular complexity index is 1270. The Morgan fingerprint density at radius 2 is 1.63 bits per heavy atom. The molecule has 0 unspecified atom stereocenters. The maximum atomic E-state index is 13.3. The molecule has 0 aromatic heterocycles. The third-order valence-corrected chi connectivity index (χ3v) is 7.01. The number of amides is 1. The summed E-state index contributed by atoms with van der Waals surface area (Å²) in [6, 6.07) is 15.8. The van der Waals surface area contributed by atoms with Crippen LogP contribution in [0.3, 0.4) is 0 Å². The number of carbonyl (C=O) groups excluding carboxylic acids is 1.